The van der Waals surface area contributed by atoms with Gasteiger partial charge in [0.15, 0.2) is 0 Å². The summed E-state index contributed by atoms with van der Waals surface area (Å²) in [5, 5.41) is 11.1. The molecule has 0 atom stereocenters. The normalized spacial score (nSPS) is 11.7. The van der Waals surface area contributed by atoms with Crippen LogP contribution in [0.3, 0.4) is 0 Å². The average molecular weight is 497 g/mol. The second-order valence-corrected chi connectivity index (χ2v) is 10.6. The number of urea groups is 1. The zero-order valence-corrected chi connectivity index (χ0v) is 21.9. The van der Waals surface area contributed by atoms with Crippen LogP contribution in [0.5, 0.6) is 0 Å². The summed E-state index contributed by atoms with van der Waals surface area (Å²) in [6, 6.07) is 16.1. The zero-order chi connectivity index (χ0) is 25.8. The van der Waals surface area contributed by atoms with Crippen molar-refractivity contribution in [3.8, 4) is 5.69 Å². The smallest absolute Gasteiger partial charge is 0.324 e. The molecule has 186 valence electrons. The first-order chi connectivity index (χ1) is 16.4. The summed E-state index contributed by atoms with van der Waals surface area (Å²) in [6.45, 7) is 12.1. The van der Waals surface area contributed by atoms with Gasteiger partial charge in [-0.15, -0.1) is 0 Å². The molecule has 3 aromatic rings. The van der Waals surface area contributed by atoms with E-state index in [0.717, 1.165) is 16.9 Å². The third-order valence-corrected chi connectivity index (χ3v) is 5.70. The van der Waals surface area contributed by atoms with E-state index in [1.807, 2.05) is 44.2 Å². The quantitative estimate of drug-likeness (QED) is 0.361. The highest BCUT2D eigenvalue weighted by Gasteiger charge is 2.29. The van der Waals surface area contributed by atoms with E-state index in [-0.39, 0.29) is 11.4 Å². The SMILES string of the molecule is CCOC(=O)C(C)(C)Cc1cccc(-n2nc(C(C)(C)C)cc2NC(=O)Nc2ccc(Cl)cc2)c1. The molecule has 0 spiro atoms. The van der Waals surface area contributed by atoms with E-state index in [4.69, 9.17) is 21.4 Å². The van der Waals surface area contributed by atoms with E-state index in [1.165, 1.54) is 0 Å². The second-order valence-electron chi connectivity index (χ2n) is 10.1. The molecule has 0 aliphatic carbocycles. The Bertz CT molecular complexity index is 1190. The van der Waals surface area contributed by atoms with Gasteiger partial charge < -0.3 is 10.1 Å². The number of hydrogen-bond acceptors (Lipinski definition) is 4. The van der Waals surface area contributed by atoms with Gasteiger partial charge in [0.2, 0.25) is 0 Å². The van der Waals surface area contributed by atoms with Crippen molar-refractivity contribution >= 4 is 35.1 Å². The highest BCUT2D eigenvalue weighted by Crippen LogP contribution is 2.29. The van der Waals surface area contributed by atoms with Crippen LogP contribution in [0.25, 0.3) is 5.69 Å². The lowest BCUT2D eigenvalue weighted by Gasteiger charge is -2.22. The lowest BCUT2D eigenvalue weighted by atomic mass is 9.86. The van der Waals surface area contributed by atoms with Crippen LogP contribution < -0.4 is 10.6 Å². The van der Waals surface area contributed by atoms with Gasteiger partial charge in [0.25, 0.3) is 0 Å². The highest BCUT2D eigenvalue weighted by molar-refractivity contribution is 6.30. The number of nitrogens with one attached hydrogen (secondary N) is 2. The van der Waals surface area contributed by atoms with Crippen LogP contribution >= 0.6 is 11.6 Å². The molecular formula is C27H33ClN4O3. The topological polar surface area (TPSA) is 85.2 Å². The van der Waals surface area contributed by atoms with E-state index in [2.05, 4.69) is 31.4 Å². The Balaban J connectivity index is 1.90. The number of ether oxygens (including phenoxy) is 1. The molecular weight excluding hydrogens is 464 g/mol. The van der Waals surface area contributed by atoms with E-state index in [0.29, 0.717) is 29.6 Å². The Kier molecular flexibility index (Phi) is 7.90. The lowest BCUT2D eigenvalue weighted by molar-refractivity contribution is -0.153. The van der Waals surface area contributed by atoms with Gasteiger partial charge in [-0.3, -0.25) is 10.1 Å². The van der Waals surface area contributed by atoms with Gasteiger partial charge in [-0.25, -0.2) is 9.48 Å². The number of aromatic nitrogens is 2. The Morgan fingerprint density at radius 3 is 2.31 bits per heavy atom. The molecule has 7 nitrogen and oxygen atoms in total. The van der Waals surface area contributed by atoms with Gasteiger partial charge in [0.1, 0.15) is 5.82 Å². The number of esters is 1. The van der Waals surface area contributed by atoms with Crippen LogP contribution in [-0.4, -0.2) is 28.4 Å². The van der Waals surface area contributed by atoms with Gasteiger partial charge in [0, 0.05) is 22.2 Å². The van der Waals surface area contributed by atoms with E-state index in [1.54, 1.807) is 35.9 Å². The Hall–Kier alpha value is -3.32. The summed E-state index contributed by atoms with van der Waals surface area (Å²) in [5.41, 5.74) is 2.30. The van der Waals surface area contributed by atoms with Gasteiger partial charge in [0.05, 0.1) is 23.4 Å². The molecule has 0 aliphatic rings. The van der Waals surface area contributed by atoms with Crippen molar-refractivity contribution in [2.24, 2.45) is 5.41 Å². The molecule has 2 N–H and O–H groups in total. The molecule has 0 saturated heterocycles. The highest BCUT2D eigenvalue weighted by atomic mass is 35.5. The van der Waals surface area contributed by atoms with Crippen molar-refractivity contribution in [2.45, 2.75) is 53.4 Å². The van der Waals surface area contributed by atoms with Crippen molar-refractivity contribution < 1.29 is 14.3 Å². The minimum atomic E-state index is -0.672. The molecule has 0 radical (unpaired) electrons. The molecule has 1 heterocycles. The molecule has 2 amide bonds. The molecule has 0 bridgehead atoms. The van der Waals surface area contributed by atoms with Crippen molar-refractivity contribution in [2.75, 3.05) is 17.2 Å². The standard InChI is InChI=1S/C27H33ClN4O3/c1-7-35-24(33)27(5,6)17-18-9-8-10-21(15-18)32-23(16-22(31-32)26(2,3)4)30-25(34)29-20-13-11-19(28)12-14-20/h8-16H,7,17H2,1-6H3,(H2,29,30,34). The maximum Gasteiger partial charge on any atom is 0.324 e. The summed E-state index contributed by atoms with van der Waals surface area (Å²) in [4.78, 5) is 25.1. The number of rotatable bonds is 7. The fourth-order valence-corrected chi connectivity index (χ4v) is 3.68. The maximum absolute atomic E-state index is 12.8. The number of amides is 2. The Morgan fingerprint density at radius 1 is 1.00 bits per heavy atom. The minimum Gasteiger partial charge on any atom is -0.466 e. The number of anilines is 2. The number of carbonyl (C=O) groups excluding carboxylic acids is 2. The number of halogens is 1. The molecule has 8 heteroatoms. The Labute approximate surface area is 211 Å². The van der Waals surface area contributed by atoms with Crippen LogP contribution in [0.15, 0.2) is 54.6 Å². The molecule has 0 saturated carbocycles. The summed E-state index contributed by atoms with van der Waals surface area (Å²) < 4.78 is 6.95. The summed E-state index contributed by atoms with van der Waals surface area (Å²) >= 11 is 5.93. The molecule has 0 unspecified atom stereocenters. The number of carbonyl (C=O) groups is 2. The van der Waals surface area contributed by atoms with Gasteiger partial charge in [-0.1, -0.05) is 44.5 Å². The molecule has 3 rings (SSSR count). The van der Waals surface area contributed by atoms with Crippen LogP contribution in [0.1, 0.15) is 52.8 Å². The number of hydrogen-bond donors (Lipinski definition) is 2. The Morgan fingerprint density at radius 2 is 1.69 bits per heavy atom. The molecule has 2 aromatic carbocycles. The molecule has 1 aromatic heterocycles. The van der Waals surface area contributed by atoms with Crippen molar-refractivity contribution in [3.05, 3.63) is 70.9 Å². The predicted octanol–water partition coefficient (Wildman–Crippen LogP) is 6.60. The number of benzene rings is 2. The minimum absolute atomic E-state index is 0.224. The summed E-state index contributed by atoms with van der Waals surface area (Å²) in [6.07, 6.45) is 0.507. The fourth-order valence-electron chi connectivity index (χ4n) is 3.55. The zero-order valence-electron chi connectivity index (χ0n) is 21.1. The van der Waals surface area contributed by atoms with Crippen molar-refractivity contribution in [1.29, 1.82) is 0 Å². The molecule has 35 heavy (non-hydrogen) atoms. The third-order valence-electron chi connectivity index (χ3n) is 5.45. The van der Waals surface area contributed by atoms with E-state index in [9.17, 15) is 9.59 Å². The summed E-state index contributed by atoms with van der Waals surface area (Å²) in [7, 11) is 0. The van der Waals surface area contributed by atoms with Gasteiger partial charge in [-0.2, -0.15) is 5.10 Å². The average Bonchev–Trinajstić information content (AvgIpc) is 3.19. The largest absolute Gasteiger partial charge is 0.466 e. The first-order valence-electron chi connectivity index (χ1n) is 11.6. The maximum atomic E-state index is 12.8. The van der Waals surface area contributed by atoms with Crippen LogP contribution in [-0.2, 0) is 21.4 Å². The monoisotopic (exact) mass is 496 g/mol. The van der Waals surface area contributed by atoms with Gasteiger partial charge >= 0.3 is 12.0 Å². The first-order valence-corrected chi connectivity index (χ1v) is 12.0. The number of nitrogens with zero attached hydrogens (tertiary/aromatic N) is 2. The van der Waals surface area contributed by atoms with Crippen LogP contribution in [0.4, 0.5) is 16.3 Å². The van der Waals surface area contributed by atoms with E-state index < -0.39 is 11.4 Å². The molecule has 0 aliphatic heterocycles. The van der Waals surface area contributed by atoms with E-state index >= 15 is 0 Å². The van der Waals surface area contributed by atoms with Crippen molar-refractivity contribution in [1.82, 2.24) is 9.78 Å². The van der Waals surface area contributed by atoms with Crippen LogP contribution in [0, 0.1) is 5.41 Å². The second kappa shape index (κ2) is 10.5. The summed E-state index contributed by atoms with van der Waals surface area (Å²) in [5.74, 6) is 0.295. The lowest BCUT2D eigenvalue weighted by Crippen LogP contribution is -2.29. The van der Waals surface area contributed by atoms with Crippen molar-refractivity contribution in [3.63, 3.8) is 0 Å². The third kappa shape index (κ3) is 6.85. The van der Waals surface area contributed by atoms with Crippen LogP contribution in [0.2, 0.25) is 5.02 Å². The van der Waals surface area contributed by atoms with Gasteiger partial charge in [-0.05, 0) is 69.2 Å². The first kappa shape index (κ1) is 26.3. The predicted molar refractivity (Wildman–Crippen MR) is 140 cm³/mol. The fraction of sp³-hybridized carbons (Fsp3) is 0.370. The molecule has 0 fully saturated rings.